The first-order valence-corrected chi connectivity index (χ1v) is 17.5. The summed E-state index contributed by atoms with van der Waals surface area (Å²) < 4.78 is 20.4. The number of ether oxygens (including phenoxy) is 1. The topological polar surface area (TPSA) is 63.6 Å². The van der Waals surface area contributed by atoms with Crippen LogP contribution in [0.4, 0.5) is 4.39 Å². The number of fused-ring (bicyclic) bond motifs is 7. The molecule has 0 spiro atoms. The van der Waals surface area contributed by atoms with Crippen molar-refractivity contribution in [3.8, 4) is 0 Å². The van der Waals surface area contributed by atoms with Crippen LogP contribution in [0, 0.1) is 62.5 Å². The largest absolute Gasteiger partial charge is 0.481 e. The summed E-state index contributed by atoms with van der Waals surface area (Å²) >= 11 is 0. The second-order valence-electron chi connectivity index (χ2n) is 17.0. The van der Waals surface area contributed by atoms with Crippen LogP contribution in [0.2, 0.25) is 0 Å². The maximum absolute atomic E-state index is 14.1. The van der Waals surface area contributed by atoms with Crippen LogP contribution < -0.4 is 0 Å². The molecule has 4 nitrogen and oxygen atoms in total. The van der Waals surface area contributed by atoms with E-state index in [-0.39, 0.29) is 51.9 Å². The van der Waals surface area contributed by atoms with Crippen molar-refractivity contribution in [2.45, 2.75) is 125 Å². The van der Waals surface area contributed by atoms with Crippen molar-refractivity contribution in [1.82, 2.24) is 0 Å². The number of hydrogen-bond acceptors (Lipinski definition) is 3. The van der Waals surface area contributed by atoms with Crippen LogP contribution in [0.5, 0.6) is 0 Å². The van der Waals surface area contributed by atoms with Gasteiger partial charge >= 0.3 is 11.9 Å². The predicted octanol–water partition coefficient (Wildman–Crippen LogP) is 9.41. The molecule has 1 aromatic carbocycles. The van der Waals surface area contributed by atoms with Gasteiger partial charge in [-0.25, -0.2) is 4.39 Å². The maximum atomic E-state index is 14.1. The molecule has 5 heteroatoms. The van der Waals surface area contributed by atoms with Crippen LogP contribution in [0.15, 0.2) is 35.9 Å². The molecule has 242 valence electrons. The van der Waals surface area contributed by atoms with Gasteiger partial charge in [-0.15, -0.1) is 0 Å². The van der Waals surface area contributed by atoms with E-state index >= 15 is 0 Å². The van der Waals surface area contributed by atoms with E-state index in [0.29, 0.717) is 35.7 Å². The van der Waals surface area contributed by atoms with Gasteiger partial charge in [-0.05, 0) is 122 Å². The third kappa shape index (κ3) is 4.40. The zero-order valence-electron chi connectivity index (χ0n) is 28.2. The number of benzene rings is 1. The van der Waals surface area contributed by atoms with Gasteiger partial charge in [0.1, 0.15) is 11.9 Å². The van der Waals surface area contributed by atoms with E-state index in [2.05, 4.69) is 54.5 Å². The highest BCUT2D eigenvalue weighted by Gasteiger charge is 2.69. The Kier molecular flexibility index (Phi) is 7.73. The molecule has 0 aromatic heterocycles. The Morgan fingerprint density at radius 2 is 1.66 bits per heavy atom. The zero-order chi connectivity index (χ0) is 31.9. The molecule has 0 radical (unpaired) electrons. The average molecular weight is 607 g/mol. The molecule has 5 aliphatic carbocycles. The van der Waals surface area contributed by atoms with Crippen LogP contribution in [0.25, 0.3) is 0 Å². The van der Waals surface area contributed by atoms with Crippen molar-refractivity contribution in [3.05, 3.63) is 47.3 Å². The summed E-state index contributed by atoms with van der Waals surface area (Å²) in [6, 6.07) is 6.66. The van der Waals surface area contributed by atoms with Crippen LogP contribution >= 0.6 is 0 Å². The summed E-state index contributed by atoms with van der Waals surface area (Å²) in [7, 11) is 0. The van der Waals surface area contributed by atoms with E-state index in [4.69, 9.17) is 4.74 Å². The van der Waals surface area contributed by atoms with Crippen molar-refractivity contribution in [2.24, 2.45) is 56.7 Å². The van der Waals surface area contributed by atoms with Crippen LogP contribution in [-0.2, 0) is 20.7 Å². The Labute approximate surface area is 264 Å². The summed E-state index contributed by atoms with van der Waals surface area (Å²) in [6.45, 7) is 16.9. The third-order valence-electron chi connectivity index (χ3n) is 15.2. The minimum absolute atomic E-state index is 0.000989. The number of carbonyl (C=O) groups is 2. The van der Waals surface area contributed by atoms with Crippen molar-refractivity contribution < 1.29 is 23.8 Å². The Bertz CT molecular complexity index is 1350. The molecule has 6 rings (SSSR count). The van der Waals surface area contributed by atoms with E-state index in [1.54, 1.807) is 12.1 Å². The molecular weight excluding hydrogens is 551 g/mol. The lowest BCUT2D eigenvalue weighted by Gasteiger charge is -2.71. The molecule has 4 saturated carbocycles. The Balaban J connectivity index is 1.25. The van der Waals surface area contributed by atoms with Gasteiger partial charge in [-0.1, -0.05) is 78.3 Å². The molecule has 0 amide bonds. The van der Waals surface area contributed by atoms with Gasteiger partial charge in [-0.3, -0.25) is 9.59 Å². The Morgan fingerprint density at radius 1 is 0.932 bits per heavy atom. The fourth-order valence-corrected chi connectivity index (χ4v) is 12.2. The van der Waals surface area contributed by atoms with Gasteiger partial charge in [0.05, 0.1) is 5.41 Å². The molecule has 5 aliphatic rings. The number of aryl methyl sites for hydroxylation is 1. The summed E-state index contributed by atoms with van der Waals surface area (Å²) in [4.78, 5) is 26.0. The van der Waals surface area contributed by atoms with Gasteiger partial charge in [-0.2, -0.15) is 0 Å². The quantitative estimate of drug-likeness (QED) is 0.268. The summed E-state index contributed by atoms with van der Waals surface area (Å²) in [5.74, 6) is 0.913. The van der Waals surface area contributed by atoms with Gasteiger partial charge in [0.2, 0.25) is 0 Å². The van der Waals surface area contributed by atoms with Crippen LogP contribution in [0.1, 0.15) is 118 Å². The first kappa shape index (κ1) is 31.8. The average Bonchev–Trinajstić information content (AvgIpc) is 2.96. The van der Waals surface area contributed by atoms with E-state index in [1.165, 1.54) is 11.6 Å². The number of hydrogen-bond donors (Lipinski definition) is 1. The number of rotatable bonds is 5. The third-order valence-corrected chi connectivity index (χ3v) is 15.2. The SMILES string of the molecule is C[C@H]1[C@H](C)CC[C@]2(C(=O)O)CC[C@]3(C)C(=CC[C@@H]4[C@@]5(C)CC[C@H](OC(=O)CCc6ccccc6F)C(C)(C)C5CC[C@]43C)[C@H]12. The highest BCUT2D eigenvalue weighted by Crippen LogP contribution is 2.75. The number of carboxylic acids is 1. The second-order valence-corrected chi connectivity index (χ2v) is 17.0. The summed E-state index contributed by atoms with van der Waals surface area (Å²) in [6.07, 6.45) is 11.6. The molecule has 1 unspecified atom stereocenters. The standard InChI is InChI=1S/C39H55FO4/c1-24-16-21-39(34(42)43)23-22-37(6)27(33(39)25(24)2)13-14-30-36(5)19-18-31(35(3,4)29(36)17-20-38(30,37)7)44-32(41)15-12-26-10-8-9-11-28(26)40/h8-11,13,24-25,29-31,33H,12,14-23H2,1-7H3,(H,42,43)/t24-,25+,29?,30-,31+,33+,36+,37-,38-,39+/m1/s1. The molecule has 0 bridgehead atoms. The first-order chi connectivity index (χ1) is 20.6. The number of aliphatic carboxylic acids is 1. The minimum atomic E-state index is -0.613. The van der Waals surface area contributed by atoms with Crippen LogP contribution in [0.3, 0.4) is 0 Å². The smallest absolute Gasteiger partial charge is 0.310 e. The zero-order valence-corrected chi connectivity index (χ0v) is 28.2. The van der Waals surface area contributed by atoms with E-state index in [0.717, 1.165) is 57.8 Å². The van der Waals surface area contributed by atoms with Crippen molar-refractivity contribution in [1.29, 1.82) is 0 Å². The minimum Gasteiger partial charge on any atom is -0.481 e. The number of allylic oxidation sites excluding steroid dienone is 2. The van der Waals surface area contributed by atoms with Crippen LogP contribution in [-0.4, -0.2) is 23.1 Å². The lowest BCUT2D eigenvalue weighted by atomic mass is 9.33. The highest BCUT2D eigenvalue weighted by molar-refractivity contribution is 5.76. The van der Waals surface area contributed by atoms with E-state index < -0.39 is 11.4 Å². The normalized spacial score (nSPS) is 44.2. The predicted molar refractivity (Wildman–Crippen MR) is 171 cm³/mol. The fourth-order valence-electron chi connectivity index (χ4n) is 12.2. The van der Waals surface area contributed by atoms with Crippen molar-refractivity contribution in [2.75, 3.05) is 0 Å². The molecule has 10 atom stereocenters. The fraction of sp³-hybridized carbons (Fsp3) is 0.744. The summed E-state index contributed by atoms with van der Waals surface area (Å²) in [5.41, 5.74) is 1.48. The number of carboxylic acid groups (broad SMARTS) is 1. The Morgan fingerprint density at radius 3 is 2.36 bits per heavy atom. The van der Waals surface area contributed by atoms with E-state index in [1.807, 2.05) is 6.07 Å². The Hall–Kier alpha value is -2.17. The maximum Gasteiger partial charge on any atom is 0.310 e. The number of carbonyl (C=O) groups excluding carboxylic acids is 1. The highest BCUT2D eigenvalue weighted by atomic mass is 19.1. The number of halogens is 1. The monoisotopic (exact) mass is 606 g/mol. The van der Waals surface area contributed by atoms with Gasteiger partial charge < -0.3 is 9.84 Å². The molecule has 1 aromatic rings. The van der Waals surface area contributed by atoms with Crippen molar-refractivity contribution >= 4 is 11.9 Å². The van der Waals surface area contributed by atoms with Gasteiger partial charge in [0.25, 0.3) is 0 Å². The number of esters is 1. The molecule has 1 N–H and O–H groups in total. The summed E-state index contributed by atoms with van der Waals surface area (Å²) in [5, 5.41) is 10.7. The lowest BCUT2D eigenvalue weighted by Crippen LogP contribution is -2.65. The second kappa shape index (κ2) is 10.7. The first-order valence-electron chi connectivity index (χ1n) is 17.5. The molecule has 44 heavy (non-hydrogen) atoms. The molecule has 0 heterocycles. The molecule has 0 aliphatic heterocycles. The van der Waals surface area contributed by atoms with Crippen molar-refractivity contribution in [3.63, 3.8) is 0 Å². The lowest BCUT2D eigenvalue weighted by molar-refractivity contribution is -0.214. The molecule has 4 fully saturated rings. The molecule has 0 saturated heterocycles. The molecular formula is C39H55FO4. The van der Waals surface area contributed by atoms with Gasteiger partial charge in [0, 0.05) is 11.8 Å². The van der Waals surface area contributed by atoms with Gasteiger partial charge in [0.15, 0.2) is 0 Å². The van der Waals surface area contributed by atoms with E-state index in [9.17, 15) is 19.1 Å².